The van der Waals surface area contributed by atoms with E-state index in [0.717, 1.165) is 31.0 Å². The molecule has 106 valence electrons. The summed E-state index contributed by atoms with van der Waals surface area (Å²) in [4.78, 5) is 0.904. The Morgan fingerprint density at radius 3 is 2.00 bits per heavy atom. The lowest BCUT2D eigenvalue weighted by Gasteiger charge is -2.20. The highest BCUT2D eigenvalue weighted by molar-refractivity contribution is 7.86. The molecule has 0 unspecified atom stereocenters. The zero-order chi connectivity index (χ0) is 14.3. The van der Waals surface area contributed by atoms with E-state index in [9.17, 15) is 16.8 Å². The SMILES string of the molecule is O=S(=O)(O)c1ccc(S(=O)(=O)O)c(N2CCCC2)c1. The summed E-state index contributed by atoms with van der Waals surface area (Å²) in [6.07, 6.45) is 1.70. The Kier molecular flexibility index (Phi) is 3.56. The van der Waals surface area contributed by atoms with Gasteiger partial charge in [-0.25, -0.2) is 0 Å². The van der Waals surface area contributed by atoms with Gasteiger partial charge in [-0.15, -0.1) is 0 Å². The molecule has 0 saturated carbocycles. The van der Waals surface area contributed by atoms with Gasteiger partial charge in [0.25, 0.3) is 20.2 Å². The lowest BCUT2D eigenvalue weighted by molar-refractivity contribution is 0.478. The summed E-state index contributed by atoms with van der Waals surface area (Å²) in [5.41, 5.74) is 0.0927. The van der Waals surface area contributed by atoms with E-state index in [1.54, 1.807) is 4.90 Å². The fraction of sp³-hybridized carbons (Fsp3) is 0.400. The quantitative estimate of drug-likeness (QED) is 0.793. The lowest BCUT2D eigenvalue weighted by atomic mass is 10.3. The average Bonchev–Trinajstić information content (AvgIpc) is 2.79. The van der Waals surface area contributed by atoms with E-state index in [4.69, 9.17) is 9.11 Å². The van der Waals surface area contributed by atoms with Gasteiger partial charge in [0.05, 0.1) is 10.6 Å². The second kappa shape index (κ2) is 4.75. The van der Waals surface area contributed by atoms with Crippen molar-refractivity contribution in [2.24, 2.45) is 0 Å². The van der Waals surface area contributed by atoms with Gasteiger partial charge in [-0.3, -0.25) is 9.11 Å². The van der Waals surface area contributed by atoms with E-state index in [-0.39, 0.29) is 10.6 Å². The van der Waals surface area contributed by atoms with E-state index < -0.39 is 25.1 Å². The minimum Gasteiger partial charge on any atom is -0.370 e. The molecule has 0 spiro atoms. The van der Waals surface area contributed by atoms with Gasteiger partial charge in [-0.05, 0) is 31.0 Å². The molecule has 1 aliphatic rings. The van der Waals surface area contributed by atoms with Gasteiger partial charge < -0.3 is 4.90 Å². The van der Waals surface area contributed by atoms with Gasteiger partial charge in [0, 0.05) is 13.1 Å². The zero-order valence-corrected chi connectivity index (χ0v) is 11.5. The first-order chi connectivity index (χ1) is 8.69. The van der Waals surface area contributed by atoms with Crippen molar-refractivity contribution >= 4 is 25.9 Å². The summed E-state index contributed by atoms with van der Waals surface area (Å²) in [5, 5.41) is 0. The van der Waals surface area contributed by atoms with Crippen LogP contribution < -0.4 is 4.90 Å². The molecule has 1 aromatic rings. The van der Waals surface area contributed by atoms with Crippen molar-refractivity contribution in [3.05, 3.63) is 18.2 Å². The molecular weight excluding hydrogens is 294 g/mol. The summed E-state index contributed by atoms with van der Waals surface area (Å²) in [7, 11) is -8.87. The van der Waals surface area contributed by atoms with Crippen molar-refractivity contribution < 1.29 is 25.9 Å². The number of rotatable bonds is 3. The van der Waals surface area contributed by atoms with Crippen molar-refractivity contribution in [2.75, 3.05) is 18.0 Å². The van der Waals surface area contributed by atoms with E-state index in [1.807, 2.05) is 0 Å². The molecule has 1 aliphatic heterocycles. The first kappa shape index (κ1) is 14.3. The van der Waals surface area contributed by atoms with Crippen molar-refractivity contribution in [3.63, 3.8) is 0 Å². The zero-order valence-electron chi connectivity index (χ0n) is 9.85. The fourth-order valence-electron chi connectivity index (χ4n) is 2.08. The molecule has 7 nitrogen and oxygen atoms in total. The number of benzene rings is 1. The maximum absolute atomic E-state index is 11.3. The Labute approximate surface area is 111 Å². The van der Waals surface area contributed by atoms with Gasteiger partial charge in [-0.2, -0.15) is 16.8 Å². The van der Waals surface area contributed by atoms with Crippen LogP contribution in [-0.2, 0) is 20.2 Å². The van der Waals surface area contributed by atoms with Crippen LogP contribution in [-0.4, -0.2) is 39.0 Å². The van der Waals surface area contributed by atoms with Crippen LogP contribution in [0, 0.1) is 0 Å². The van der Waals surface area contributed by atoms with Gasteiger partial charge in [0.1, 0.15) is 4.90 Å². The largest absolute Gasteiger partial charge is 0.370 e. The van der Waals surface area contributed by atoms with Crippen LogP contribution in [0.1, 0.15) is 12.8 Å². The highest BCUT2D eigenvalue weighted by atomic mass is 32.2. The van der Waals surface area contributed by atoms with Crippen LogP contribution in [0.4, 0.5) is 5.69 Å². The molecule has 1 heterocycles. The van der Waals surface area contributed by atoms with Crippen molar-refractivity contribution in [3.8, 4) is 0 Å². The Bertz CT molecular complexity index is 689. The molecule has 0 aliphatic carbocycles. The molecule has 0 amide bonds. The molecule has 2 rings (SSSR count). The summed E-state index contributed by atoms with van der Waals surface area (Å²) >= 11 is 0. The smallest absolute Gasteiger partial charge is 0.296 e. The molecule has 0 radical (unpaired) electrons. The number of hydrogen-bond acceptors (Lipinski definition) is 5. The van der Waals surface area contributed by atoms with Crippen LogP contribution in [0.2, 0.25) is 0 Å². The van der Waals surface area contributed by atoms with Crippen LogP contribution in [0.25, 0.3) is 0 Å². The third-order valence-electron chi connectivity index (χ3n) is 2.95. The van der Waals surface area contributed by atoms with E-state index in [1.165, 1.54) is 0 Å². The van der Waals surface area contributed by atoms with Gasteiger partial charge in [-0.1, -0.05) is 0 Å². The average molecular weight is 307 g/mol. The summed E-state index contributed by atoms with van der Waals surface area (Å²) in [6, 6.07) is 2.98. The molecule has 0 bridgehead atoms. The maximum atomic E-state index is 11.3. The van der Waals surface area contributed by atoms with E-state index >= 15 is 0 Å². The predicted molar refractivity (Wildman–Crippen MR) is 67.5 cm³/mol. The van der Waals surface area contributed by atoms with E-state index in [0.29, 0.717) is 13.1 Å². The lowest BCUT2D eigenvalue weighted by Crippen LogP contribution is -2.21. The molecule has 1 fully saturated rings. The minimum absolute atomic E-state index is 0.0927. The number of anilines is 1. The molecule has 1 saturated heterocycles. The molecule has 2 N–H and O–H groups in total. The topological polar surface area (TPSA) is 112 Å². The summed E-state index contributed by atoms with van der Waals surface area (Å²) in [5.74, 6) is 0. The van der Waals surface area contributed by atoms with Crippen molar-refractivity contribution in [1.82, 2.24) is 0 Å². The Hall–Kier alpha value is -1.16. The second-order valence-electron chi connectivity index (χ2n) is 4.27. The monoisotopic (exact) mass is 307 g/mol. The van der Waals surface area contributed by atoms with Crippen LogP contribution >= 0.6 is 0 Å². The number of hydrogen-bond donors (Lipinski definition) is 2. The summed E-state index contributed by atoms with van der Waals surface area (Å²) < 4.78 is 62.9. The summed E-state index contributed by atoms with van der Waals surface area (Å²) in [6.45, 7) is 1.13. The Balaban J connectivity index is 2.63. The van der Waals surface area contributed by atoms with Gasteiger partial charge in [0.15, 0.2) is 0 Å². The first-order valence-corrected chi connectivity index (χ1v) is 8.41. The number of nitrogens with zero attached hydrogens (tertiary/aromatic N) is 1. The standard InChI is InChI=1S/C10H13NO6S2/c12-18(13,14)8-3-4-10(19(15,16)17)9(7-8)11-5-1-2-6-11/h3-4,7H,1-2,5-6H2,(H,12,13,14)(H,15,16,17). The molecule has 0 atom stereocenters. The van der Waals surface area contributed by atoms with Crippen molar-refractivity contribution in [2.45, 2.75) is 22.6 Å². The molecule has 0 aromatic heterocycles. The van der Waals surface area contributed by atoms with Crippen molar-refractivity contribution in [1.29, 1.82) is 0 Å². The molecule has 1 aromatic carbocycles. The van der Waals surface area contributed by atoms with Crippen LogP contribution in [0.3, 0.4) is 0 Å². The normalized spacial score (nSPS) is 16.8. The Morgan fingerprint density at radius 1 is 0.947 bits per heavy atom. The molecule has 19 heavy (non-hydrogen) atoms. The fourth-order valence-corrected chi connectivity index (χ4v) is 3.27. The van der Waals surface area contributed by atoms with Gasteiger partial charge in [0.2, 0.25) is 0 Å². The third-order valence-corrected chi connectivity index (χ3v) is 4.70. The third kappa shape index (κ3) is 3.06. The van der Waals surface area contributed by atoms with E-state index in [2.05, 4.69) is 0 Å². The minimum atomic E-state index is -4.45. The highest BCUT2D eigenvalue weighted by Crippen LogP contribution is 2.30. The second-order valence-corrected chi connectivity index (χ2v) is 7.09. The first-order valence-electron chi connectivity index (χ1n) is 5.53. The molecule has 9 heteroatoms. The maximum Gasteiger partial charge on any atom is 0.296 e. The van der Waals surface area contributed by atoms with Gasteiger partial charge >= 0.3 is 0 Å². The molecular formula is C10H13NO6S2. The predicted octanol–water partition coefficient (Wildman–Crippen LogP) is 0.780. The van der Waals surface area contributed by atoms with Crippen LogP contribution in [0.15, 0.2) is 28.0 Å². The van der Waals surface area contributed by atoms with Crippen LogP contribution in [0.5, 0.6) is 0 Å². The highest BCUT2D eigenvalue weighted by Gasteiger charge is 2.24. The Morgan fingerprint density at radius 2 is 1.53 bits per heavy atom.